The van der Waals surface area contributed by atoms with Gasteiger partial charge in [0.1, 0.15) is 17.7 Å². The summed E-state index contributed by atoms with van der Waals surface area (Å²) in [6.45, 7) is 11.0. The zero-order valence-electron chi connectivity index (χ0n) is 14.3. The molecule has 0 atom stereocenters. The van der Waals surface area contributed by atoms with Gasteiger partial charge in [-0.1, -0.05) is 33.9 Å². The monoisotopic (exact) mass is 328 g/mol. The van der Waals surface area contributed by atoms with Crippen LogP contribution in [0, 0.1) is 11.3 Å². The third kappa shape index (κ3) is 2.90. The van der Waals surface area contributed by atoms with Crippen molar-refractivity contribution in [2.24, 2.45) is 0 Å². The van der Waals surface area contributed by atoms with Crippen LogP contribution in [0.25, 0.3) is 11.1 Å². The van der Waals surface area contributed by atoms with E-state index in [1.165, 1.54) is 0 Å². The van der Waals surface area contributed by atoms with Crippen LogP contribution in [0.15, 0.2) is 12.1 Å². The van der Waals surface area contributed by atoms with Gasteiger partial charge < -0.3 is 22.2 Å². The van der Waals surface area contributed by atoms with E-state index in [0.717, 1.165) is 0 Å². The van der Waals surface area contributed by atoms with Crippen LogP contribution < -0.4 is 22.2 Å². The molecule has 0 amide bonds. The minimum Gasteiger partial charge on any atom is -0.408 e. The lowest BCUT2D eigenvalue weighted by atomic mass is 10.1. The van der Waals surface area contributed by atoms with Crippen molar-refractivity contribution in [1.82, 2.24) is 4.98 Å². The van der Waals surface area contributed by atoms with Gasteiger partial charge in [-0.3, -0.25) is 0 Å². The molecular weight excluding hydrogens is 304 g/mol. The first kappa shape index (κ1) is 16.9. The Morgan fingerprint density at radius 1 is 1.17 bits per heavy atom. The first-order valence-electron chi connectivity index (χ1n) is 7.44. The molecule has 23 heavy (non-hydrogen) atoms. The molecule has 122 valence electrons. The summed E-state index contributed by atoms with van der Waals surface area (Å²) in [5, 5.41) is 9.61. The number of rotatable bonds is 2. The van der Waals surface area contributed by atoms with Crippen LogP contribution in [0.3, 0.4) is 0 Å². The van der Waals surface area contributed by atoms with Crippen LogP contribution in [-0.4, -0.2) is 13.2 Å². The number of nitrogens with one attached hydrogen (secondary N) is 1. The quantitative estimate of drug-likeness (QED) is 0.627. The van der Waals surface area contributed by atoms with Gasteiger partial charge >= 0.3 is 0 Å². The van der Waals surface area contributed by atoms with Crippen molar-refractivity contribution >= 4 is 31.2 Å². The molecule has 1 aliphatic carbocycles. The summed E-state index contributed by atoms with van der Waals surface area (Å²) in [7, 11) is -1.91. The van der Waals surface area contributed by atoms with Crippen LogP contribution in [0.1, 0.15) is 26.3 Å². The Balaban J connectivity index is 2.75. The molecule has 6 nitrogen and oxygen atoms in total. The van der Waals surface area contributed by atoms with E-state index in [1.807, 2.05) is 0 Å². The topological polar surface area (TPSA) is 127 Å². The van der Waals surface area contributed by atoms with Gasteiger partial charge in [-0.05, 0) is 11.1 Å². The average Bonchev–Trinajstić information content (AvgIpc) is 2.69. The van der Waals surface area contributed by atoms with Gasteiger partial charge in [0.25, 0.3) is 0 Å². The summed E-state index contributed by atoms with van der Waals surface area (Å²) in [5.74, 6) is 0.532. The highest BCUT2D eigenvalue weighted by molar-refractivity contribution is 6.83. The predicted octanol–water partition coefficient (Wildman–Crippen LogP) is 3.22. The summed E-state index contributed by atoms with van der Waals surface area (Å²) in [6.07, 6.45) is 0. The molecule has 0 unspecified atom stereocenters. The molecule has 0 saturated heterocycles. The molecule has 1 heterocycles. The maximum Gasteiger partial charge on any atom is 0.152 e. The molecular formula is C16H24N6Si. The van der Waals surface area contributed by atoms with Crippen molar-refractivity contribution in [1.29, 1.82) is 5.26 Å². The number of aromatic nitrogens is 1. The number of hydrogen-bond acceptors (Lipinski definition) is 6. The van der Waals surface area contributed by atoms with Crippen LogP contribution in [0.4, 0.5) is 23.0 Å². The summed E-state index contributed by atoms with van der Waals surface area (Å²) < 4.78 is 0. The Hall–Kier alpha value is -2.46. The number of nitrogens with zero attached hydrogens (tertiary/aromatic N) is 2. The van der Waals surface area contributed by atoms with E-state index in [-0.39, 0.29) is 16.7 Å². The zero-order chi connectivity index (χ0) is 17.6. The maximum atomic E-state index is 9.52. The molecule has 0 bridgehead atoms. The fraction of sp³-hybridized carbons (Fsp3) is 0.375. The van der Waals surface area contributed by atoms with E-state index in [2.05, 4.69) is 49.9 Å². The lowest BCUT2D eigenvalue weighted by Crippen LogP contribution is -2.46. The largest absolute Gasteiger partial charge is 0.408 e. The normalized spacial score (nSPS) is 12.2. The van der Waals surface area contributed by atoms with Gasteiger partial charge in [-0.15, -0.1) is 0 Å². The third-order valence-corrected chi connectivity index (χ3v) is 9.26. The molecule has 0 fully saturated rings. The molecule has 2 rings (SSSR count). The number of nitrogens with two attached hydrogens (primary N) is 3. The minimum absolute atomic E-state index is 0.0903. The minimum atomic E-state index is -1.91. The van der Waals surface area contributed by atoms with E-state index >= 15 is 0 Å². The van der Waals surface area contributed by atoms with Gasteiger partial charge in [0.15, 0.2) is 8.24 Å². The van der Waals surface area contributed by atoms with E-state index in [4.69, 9.17) is 17.2 Å². The molecule has 7 N–H and O–H groups in total. The fourth-order valence-corrected chi connectivity index (χ4v) is 3.49. The maximum absolute atomic E-state index is 9.52. The molecule has 0 saturated carbocycles. The molecule has 1 aliphatic heterocycles. The highest BCUT2D eigenvalue weighted by Crippen LogP contribution is 2.45. The number of anilines is 4. The predicted molar refractivity (Wildman–Crippen MR) is 99.6 cm³/mol. The van der Waals surface area contributed by atoms with E-state index in [1.54, 1.807) is 12.1 Å². The van der Waals surface area contributed by atoms with Crippen molar-refractivity contribution in [3.05, 3.63) is 17.7 Å². The Morgan fingerprint density at radius 2 is 1.78 bits per heavy atom. The van der Waals surface area contributed by atoms with Crippen LogP contribution in [0.2, 0.25) is 18.1 Å². The summed E-state index contributed by atoms with van der Waals surface area (Å²) in [5.41, 5.74) is 21.1. The number of nitriles is 1. The number of nitrogen functional groups attached to an aromatic ring is 3. The van der Waals surface area contributed by atoms with Gasteiger partial charge in [-0.2, -0.15) is 5.26 Å². The number of fused-ring (bicyclic) bond motifs is 1. The Kier molecular flexibility index (Phi) is 3.91. The van der Waals surface area contributed by atoms with Crippen LogP contribution in [-0.2, 0) is 0 Å². The Morgan fingerprint density at radius 3 is 2.30 bits per heavy atom. The van der Waals surface area contributed by atoms with Crippen molar-refractivity contribution in [3.63, 3.8) is 0 Å². The van der Waals surface area contributed by atoms with Crippen LogP contribution >= 0.6 is 0 Å². The van der Waals surface area contributed by atoms with Gasteiger partial charge in [0.2, 0.25) is 0 Å². The zero-order valence-corrected chi connectivity index (χ0v) is 15.3. The van der Waals surface area contributed by atoms with Crippen molar-refractivity contribution < 1.29 is 0 Å². The van der Waals surface area contributed by atoms with Gasteiger partial charge in [0.05, 0.1) is 11.3 Å². The fourth-order valence-electron chi connectivity index (χ4n) is 2.23. The van der Waals surface area contributed by atoms with Gasteiger partial charge in [0, 0.05) is 22.9 Å². The smallest absolute Gasteiger partial charge is 0.152 e. The third-order valence-electron chi connectivity index (χ3n) is 4.63. The van der Waals surface area contributed by atoms with Crippen LogP contribution in [0.5, 0.6) is 0 Å². The van der Waals surface area contributed by atoms with Gasteiger partial charge in [-0.25, -0.2) is 4.98 Å². The first-order chi connectivity index (χ1) is 10.5. The molecule has 0 radical (unpaired) electrons. The number of hydrogen-bond donors (Lipinski definition) is 4. The van der Waals surface area contributed by atoms with Crippen molar-refractivity contribution in [2.75, 3.05) is 22.2 Å². The molecule has 0 aromatic carbocycles. The highest BCUT2D eigenvalue weighted by atomic mass is 28.3. The lowest BCUT2D eigenvalue weighted by Gasteiger charge is -2.38. The second-order valence-electron chi connectivity index (χ2n) is 7.36. The van der Waals surface area contributed by atoms with E-state index in [9.17, 15) is 5.26 Å². The first-order valence-corrected chi connectivity index (χ1v) is 10.4. The highest BCUT2D eigenvalue weighted by Gasteiger charge is 2.37. The average molecular weight is 328 g/mol. The second-order valence-corrected chi connectivity index (χ2v) is 12.4. The molecule has 2 aliphatic rings. The standard InChI is InChI=1S/C16H24N6Si/c1-16(2,3)23(4,5)22-14-9(8-17)6-10-11(18)7-12(19)21-15(20)13(10)14/h6-7,22H,18H2,1-5H3,(H4,19,20,21). The van der Waals surface area contributed by atoms with Crippen molar-refractivity contribution in [2.45, 2.75) is 38.9 Å². The summed E-state index contributed by atoms with van der Waals surface area (Å²) in [6, 6.07) is 5.54. The summed E-state index contributed by atoms with van der Waals surface area (Å²) in [4.78, 5) is 7.77. The molecule has 0 spiro atoms. The molecule has 0 aromatic rings. The Bertz CT molecular complexity index is 770. The lowest BCUT2D eigenvalue weighted by molar-refractivity contribution is 0.723. The SMILES string of the molecule is CC(C)(C)[Si](C)(C)Nc1c(C#N)cc2c(N)cc(N)nc(N)c1-2. The van der Waals surface area contributed by atoms with Crippen molar-refractivity contribution in [3.8, 4) is 17.2 Å². The summed E-state index contributed by atoms with van der Waals surface area (Å²) >= 11 is 0. The molecule has 7 heteroatoms. The second kappa shape index (κ2) is 5.32. The molecule has 0 aromatic heterocycles. The van der Waals surface area contributed by atoms with E-state index in [0.29, 0.717) is 28.1 Å². The van der Waals surface area contributed by atoms with E-state index < -0.39 is 8.24 Å². The Labute approximate surface area is 138 Å².